The van der Waals surface area contributed by atoms with Crippen LogP contribution >= 0.6 is 0 Å². The molecule has 1 heterocycles. The molecule has 3 aromatic rings. The maximum absolute atomic E-state index is 12.3. The average molecular weight is 459 g/mol. The summed E-state index contributed by atoms with van der Waals surface area (Å²) in [4.78, 5) is 23.8. The summed E-state index contributed by atoms with van der Waals surface area (Å²) in [5.74, 6) is 3.64. The van der Waals surface area contributed by atoms with Gasteiger partial charge in [0.05, 0.1) is 7.11 Å². The quantitative estimate of drug-likeness (QED) is 0.464. The van der Waals surface area contributed by atoms with E-state index in [-0.39, 0.29) is 0 Å². The van der Waals surface area contributed by atoms with Gasteiger partial charge in [0.25, 0.3) is 5.91 Å². The van der Waals surface area contributed by atoms with Crippen molar-refractivity contribution in [1.29, 1.82) is 0 Å². The van der Waals surface area contributed by atoms with E-state index in [0.29, 0.717) is 17.2 Å². The number of ether oxygens (including phenoxy) is 4. The summed E-state index contributed by atoms with van der Waals surface area (Å²) in [5.41, 5.74) is 0.204. The molecule has 0 spiro atoms. The van der Waals surface area contributed by atoms with Crippen molar-refractivity contribution in [2.24, 2.45) is 5.92 Å². The smallest absolute Gasteiger partial charge is 0.415 e. The van der Waals surface area contributed by atoms with E-state index in [0.717, 1.165) is 35.0 Å². The molecule has 2 aliphatic rings. The minimum Gasteiger partial charge on any atom is -0.497 e. The van der Waals surface area contributed by atoms with Gasteiger partial charge in [-0.2, -0.15) is 0 Å². The van der Waals surface area contributed by atoms with Gasteiger partial charge in [-0.1, -0.05) is 12.1 Å². The Labute approximate surface area is 197 Å². The van der Waals surface area contributed by atoms with Gasteiger partial charge in [0.1, 0.15) is 28.7 Å². The third-order valence-corrected chi connectivity index (χ3v) is 6.09. The van der Waals surface area contributed by atoms with E-state index < -0.39 is 17.6 Å². The van der Waals surface area contributed by atoms with E-state index in [4.69, 9.17) is 18.9 Å². The summed E-state index contributed by atoms with van der Waals surface area (Å²) in [7, 11) is 1.63. The van der Waals surface area contributed by atoms with Crippen molar-refractivity contribution in [3.8, 4) is 28.7 Å². The average Bonchev–Trinajstić information content (AvgIpc) is 3.60. The summed E-state index contributed by atoms with van der Waals surface area (Å²) in [5, 5.41) is 2.18. The molecule has 1 atom stereocenters. The number of alkyl carbamates (subject to hydrolysis) is 1. The Balaban J connectivity index is 1.39. The minimum absolute atomic E-state index is 0.496. The largest absolute Gasteiger partial charge is 0.497 e. The molecule has 5 rings (SSSR count). The number of carbonyl (C=O) groups excluding carboxylic acids is 2. The zero-order chi connectivity index (χ0) is 23.7. The van der Waals surface area contributed by atoms with Gasteiger partial charge in [0.2, 0.25) is 5.60 Å². The number of imide groups is 1. The standard InChI is InChI=1S/C27H25NO6/c1-27(25(29)28-26(30)34-27)19-4-3-5-22(16-19)33-24-13-12-23(15-18(24)14-17-6-7-17)32-21-10-8-20(31-2)9-11-21/h3-5,8-13,15-17H,6-7,14H2,1-2H3,(H,28,29,30)/t27-/m1/s1. The van der Waals surface area contributed by atoms with Crippen molar-refractivity contribution in [2.45, 2.75) is 31.8 Å². The van der Waals surface area contributed by atoms with Crippen LogP contribution in [-0.2, 0) is 21.6 Å². The first-order chi connectivity index (χ1) is 16.4. The summed E-state index contributed by atoms with van der Waals surface area (Å²) in [6, 6.07) is 20.3. The third kappa shape index (κ3) is 4.55. The second kappa shape index (κ2) is 8.74. The van der Waals surface area contributed by atoms with Crippen LogP contribution in [-0.4, -0.2) is 19.1 Å². The van der Waals surface area contributed by atoms with Crippen molar-refractivity contribution in [3.63, 3.8) is 0 Å². The van der Waals surface area contributed by atoms with E-state index in [1.54, 1.807) is 32.2 Å². The van der Waals surface area contributed by atoms with Crippen molar-refractivity contribution >= 4 is 12.0 Å². The number of hydrogen-bond donors (Lipinski definition) is 1. The summed E-state index contributed by atoms with van der Waals surface area (Å²) in [6.07, 6.45) is 2.55. The Morgan fingerprint density at radius 2 is 1.62 bits per heavy atom. The molecule has 0 radical (unpaired) electrons. The first-order valence-corrected chi connectivity index (χ1v) is 11.2. The number of hydrogen-bond acceptors (Lipinski definition) is 6. The van der Waals surface area contributed by atoms with Gasteiger partial charge in [-0.25, -0.2) is 4.79 Å². The minimum atomic E-state index is -1.39. The first-order valence-electron chi connectivity index (χ1n) is 11.2. The van der Waals surface area contributed by atoms with Crippen molar-refractivity contribution in [3.05, 3.63) is 77.9 Å². The third-order valence-electron chi connectivity index (χ3n) is 6.09. The van der Waals surface area contributed by atoms with Crippen LogP contribution in [0.2, 0.25) is 0 Å². The van der Waals surface area contributed by atoms with Crippen LogP contribution in [0, 0.1) is 5.92 Å². The molecule has 1 aliphatic heterocycles. The zero-order valence-electron chi connectivity index (χ0n) is 19.0. The van der Waals surface area contributed by atoms with Crippen LogP contribution in [0.5, 0.6) is 28.7 Å². The Morgan fingerprint density at radius 1 is 0.912 bits per heavy atom. The maximum Gasteiger partial charge on any atom is 0.415 e. The summed E-state index contributed by atoms with van der Waals surface area (Å²) < 4.78 is 22.7. The molecule has 2 amide bonds. The van der Waals surface area contributed by atoms with Gasteiger partial charge < -0.3 is 18.9 Å². The van der Waals surface area contributed by atoms with Gasteiger partial charge in [-0.15, -0.1) is 0 Å². The fourth-order valence-corrected chi connectivity index (χ4v) is 3.93. The molecule has 1 N–H and O–H groups in total. The zero-order valence-corrected chi connectivity index (χ0v) is 19.0. The van der Waals surface area contributed by atoms with Gasteiger partial charge in [0.15, 0.2) is 0 Å². The van der Waals surface area contributed by atoms with Gasteiger partial charge >= 0.3 is 6.09 Å². The number of benzene rings is 3. The lowest BCUT2D eigenvalue weighted by Crippen LogP contribution is -2.33. The molecule has 1 saturated heterocycles. The van der Waals surface area contributed by atoms with E-state index in [1.807, 2.05) is 48.5 Å². The number of nitrogens with one attached hydrogen (secondary N) is 1. The Morgan fingerprint density at radius 3 is 2.29 bits per heavy atom. The SMILES string of the molecule is COc1ccc(Oc2ccc(Oc3cccc([C@@]4(C)OC(=O)NC4=O)c3)c(CC3CC3)c2)cc1. The summed E-state index contributed by atoms with van der Waals surface area (Å²) in [6.45, 7) is 1.57. The molecule has 1 aliphatic carbocycles. The van der Waals surface area contributed by atoms with E-state index in [1.165, 1.54) is 12.8 Å². The van der Waals surface area contributed by atoms with Crippen molar-refractivity contribution in [2.75, 3.05) is 7.11 Å². The van der Waals surface area contributed by atoms with E-state index in [9.17, 15) is 9.59 Å². The fourth-order valence-electron chi connectivity index (χ4n) is 3.93. The van der Waals surface area contributed by atoms with Crippen molar-refractivity contribution < 1.29 is 28.5 Å². The topological polar surface area (TPSA) is 83.1 Å². The Hall–Kier alpha value is -4.00. The van der Waals surface area contributed by atoms with Gasteiger partial charge in [-0.05, 0) is 92.3 Å². The van der Waals surface area contributed by atoms with Crippen LogP contribution < -0.4 is 19.5 Å². The van der Waals surface area contributed by atoms with Crippen LogP contribution in [0.3, 0.4) is 0 Å². The molecule has 34 heavy (non-hydrogen) atoms. The molecule has 7 nitrogen and oxygen atoms in total. The second-order valence-corrected chi connectivity index (χ2v) is 8.70. The Bertz CT molecular complexity index is 1230. The number of cyclic esters (lactones) is 1. The molecule has 7 heteroatoms. The van der Waals surface area contributed by atoms with Gasteiger partial charge in [-0.3, -0.25) is 10.1 Å². The molecule has 3 aromatic carbocycles. The van der Waals surface area contributed by atoms with Gasteiger partial charge in [0, 0.05) is 5.56 Å². The number of carbonyl (C=O) groups is 2. The van der Waals surface area contributed by atoms with E-state index in [2.05, 4.69) is 5.32 Å². The molecule has 0 unspecified atom stereocenters. The molecule has 2 fully saturated rings. The normalized spacial score (nSPS) is 19.4. The van der Waals surface area contributed by atoms with Crippen LogP contribution in [0.25, 0.3) is 0 Å². The van der Waals surface area contributed by atoms with Crippen LogP contribution in [0.4, 0.5) is 4.79 Å². The van der Waals surface area contributed by atoms with Crippen molar-refractivity contribution in [1.82, 2.24) is 5.32 Å². The summed E-state index contributed by atoms with van der Waals surface area (Å²) >= 11 is 0. The fraction of sp³-hybridized carbons (Fsp3) is 0.259. The molecule has 174 valence electrons. The second-order valence-electron chi connectivity index (χ2n) is 8.70. The lowest BCUT2D eigenvalue weighted by atomic mass is 9.95. The molecule has 1 saturated carbocycles. The maximum atomic E-state index is 12.3. The molecular weight excluding hydrogens is 434 g/mol. The molecule has 0 aromatic heterocycles. The number of methoxy groups -OCH3 is 1. The highest BCUT2D eigenvalue weighted by Gasteiger charge is 2.46. The highest BCUT2D eigenvalue weighted by atomic mass is 16.6. The van der Waals surface area contributed by atoms with E-state index >= 15 is 0 Å². The predicted molar refractivity (Wildman–Crippen MR) is 124 cm³/mol. The molecular formula is C27H25NO6. The predicted octanol–water partition coefficient (Wildman–Crippen LogP) is 5.71. The number of rotatable bonds is 8. The Kier molecular flexibility index (Phi) is 5.61. The first kappa shape index (κ1) is 21.8. The number of amides is 2. The lowest BCUT2D eigenvalue weighted by Gasteiger charge is -2.20. The lowest BCUT2D eigenvalue weighted by molar-refractivity contribution is -0.130. The molecule has 0 bridgehead atoms. The van der Waals surface area contributed by atoms with Crippen LogP contribution in [0.15, 0.2) is 66.7 Å². The monoisotopic (exact) mass is 459 g/mol. The highest BCUT2D eigenvalue weighted by Crippen LogP contribution is 2.39. The van der Waals surface area contributed by atoms with Crippen LogP contribution in [0.1, 0.15) is 30.9 Å². The highest BCUT2D eigenvalue weighted by molar-refractivity contribution is 6.03.